The first-order chi connectivity index (χ1) is 10.1. The van der Waals surface area contributed by atoms with Gasteiger partial charge in [-0.15, -0.1) is 0 Å². The molecule has 6 heteroatoms. The van der Waals surface area contributed by atoms with Crippen molar-refractivity contribution in [2.24, 2.45) is 0 Å². The summed E-state index contributed by atoms with van der Waals surface area (Å²) in [6, 6.07) is 4.96. The molecular weight excluding hydrogens is 295 g/mol. The van der Waals surface area contributed by atoms with Crippen molar-refractivity contribution >= 4 is 5.91 Å². The van der Waals surface area contributed by atoms with Crippen LogP contribution in [0.5, 0.6) is 0 Å². The number of aliphatic hydroxyl groups is 1. The maximum atomic E-state index is 12.8. The molecular formula is C16H22F3NO2. The second-order valence-electron chi connectivity index (χ2n) is 5.44. The van der Waals surface area contributed by atoms with Crippen LogP contribution in [0.3, 0.4) is 0 Å². The summed E-state index contributed by atoms with van der Waals surface area (Å²) in [6.07, 6.45) is -3.14. The summed E-state index contributed by atoms with van der Waals surface area (Å²) in [5.74, 6) is -0.207. The first-order valence-corrected chi connectivity index (χ1v) is 7.34. The highest BCUT2D eigenvalue weighted by Crippen LogP contribution is 2.38. The Hall–Kier alpha value is -1.56. The van der Waals surface area contributed by atoms with Crippen molar-refractivity contribution in [1.29, 1.82) is 0 Å². The zero-order valence-electron chi connectivity index (χ0n) is 13.1. The van der Waals surface area contributed by atoms with Crippen LogP contribution in [0.25, 0.3) is 0 Å². The van der Waals surface area contributed by atoms with Gasteiger partial charge in [0.25, 0.3) is 5.91 Å². The molecule has 0 aliphatic rings. The Morgan fingerprint density at radius 1 is 1.09 bits per heavy atom. The Bertz CT molecular complexity index is 489. The van der Waals surface area contributed by atoms with Crippen molar-refractivity contribution < 1.29 is 23.1 Å². The number of hydrogen-bond donors (Lipinski definition) is 1. The molecule has 124 valence electrons. The van der Waals surface area contributed by atoms with Gasteiger partial charge in [-0.1, -0.05) is 26.0 Å². The Morgan fingerprint density at radius 3 is 1.91 bits per heavy atom. The van der Waals surface area contributed by atoms with Gasteiger partial charge < -0.3 is 10.0 Å². The number of halogens is 3. The van der Waals surface area contributed by atoms with E-state index in [2.05, 4.69) is 0 Å². The van der Waals surface area contributed by atoms with E-state index >= 15 is 0 Å². The molecule has 1 amide bonds. The number of rotatable bonds is 6. The average Bonchev–Trinajstić information content (AvgIpc) is 2.45. The number of hydrogen-bond acceptors (Lipinski definition) is 2. The molecule has 0 saturated carbocycles. The van der Waals surface area contributed by atoms with E-state index < -0.39 is 11.8 Å². The molecule has 0 fully saturated rings. The Balaban J connectivity index is 2.99. The maximum Gasteiger partial charge on any atom is 0.421 e. The number of carbonyl (C=O) groups excluding carboxylic acids is 1. The molecule has 0 radical (unpaired) electrons. The quantitative estimate of drug-likeness (QED) is 0.869. The highest BCUT2D eigenvalue weighted by atomic mass is 19.4. The molecule has 3 nitrogen and oxygen atoms in total. The van der Waals surface area contributed by atoms with Crippen molar-refractivity contribution in [2.45, 2.75) is 45.4 Å². The van der Waals surface area contributed by atoms with Crippen molar-refractivity contribution in [3.05, 3.63) is 35.4 Å². The summed E-state index contributed by atoms with van der Waals surface area (Å²) in [7, 11) is 0. The molecule has 0 heterocycles. The van der Waals surface area contributed by atoms with Crippen LogP contribution in [0.2, 0.25) is 0 Å². The summed E-state index contributed by atoms with van der Waals surface area (Å²) < 4.78 is 38.3. The van der Waals surface area contributed by atoms with Crippen LogP contribution >= 0.6 is 0 Å². The fraction of sp³-hybridized carbons (Fsp3) is 0.562. The molecule has 1 unspecified atom stereocenters. The lowest BCUT2D eigenvalue weighted by atomic mass is 9.94. The normalized spacial score (nSPS) is 14.5. The first kappa shape index (κ1) is 18.5. The van der Waals surface area contributed by atoms with E-state index in [-0.39, 0.29) is 11.5 Å². The van der Waals surface area contributed by atoms with Crippen LogP contribution in [0.4, 0.5) is 13.2 Å². The molecule has 1 N–H and O–H groups in total. The van der Waals surface area contributed by atoms with Crippen molar-refractivity contribution in [2.75, 3.05) is 13.1 Å². The van der Waals surface area contributed by atoms with Gasteiger partial charge >= 0.3 is 6.18 Å². The van der Waals surface area contributed by atoms with E-state index in [0.717, 1.165) is 25.0 Å². The van der Waals surface area contributed by atoms with Crippen LogP contribution in [-0.2, 0) is 5.60 Å². The maximum absolute atomic E-state index is 12.8. The SMILES string of the molecule is CCCN(CCC)C(=O)c1ccc(C(C)(O)C(F)(F)F)cc1. The minimum absolute atomic E-state index is 0.207. The van der Waals surface area contributed by atoms with Gasteiger partial charge in [0.05, 0.1) is 0 Å². The highest BCUT2D eigenvalue weighted by Gasteiger charge is 2.51. The summed E-state index contributed by atoms with van der Waals surface area (Å²) in [4.78, 5) is 14.0. The van der Waals surface area contributed by atoms with E-state index in [9.17, 15) is 23.1 Å². The molecule has 0 aromatic heterocycles. The zero-order valence-corrected chi connectivity index (χ0v) is 13.1. The first-order valence-electron chi connectivity index (χ1n) is 7.34. The molecule has 1 rings (SSSR count). The smallest absolute Gasteiger partial charge is 0.376 e. The van der Waals surface area contributed by atoms with Gasteiger partial charge in [-0.05, 0) is 37.5 Å². The Morgan fingerprint density at radius 2 is 1.55 bits per heavy atom. The van der Waals surface area contributed by atoms with Crippen LogP contribution in [0, 0.1) is 0 Å². The van der Waals surface area contributed by atoms with E-state index in [0.29, 0.717) is 25.6 Å². The lowest BCUT2D eigenvalue weighted by molar-refractivity contribution is -0.258. The molecule has 0 saturated heterocycles. The summed E-state index contributed by atoms with van der Waals surface area (Å²) in [5, 5.41) is 9.61. The summed E-state index contributed by atoms with van der Waals surface area (Å²) >= 11 is 0. The fourth-order valence-electron chi connectivity index (χ4n) is 2.14. The van der Waals surface area contributed by atoms with Gasteiger partial charge in [0, 0.05) is 18.7 Å². The second kappa shape index (κ2) is 7.13. The van der Waals surface area contributed by atoms with Gasteiger partial charge in [0.2, 0.25) is 0 Å². The van der Waals surface area contributed by atoms with Crippen molar-refractivity contribution in [3.63, 3.8) is 0 Å². The molecule has 0 bridgehead atoms. The minimum atomic E-state index is -4.77. The lowest BCUT2D eigenvalue weighted by Crippen LogP contribution is -2.39. The van der Waals surface area contributed by atoms with Gasteiger partial charge in [-0.2, -0.15) is 13.2 Å². The molecule has 1 atom stereocenters. The fourth-order valence-corrected chi connectivity index (χ4v) is 2.14. The van der Waals surface area contributed by atoms with Gasteiger partial charge in [-0.25, -0.2) is 0 Å². The number of alkyl halides is 3. The zero-order chi connectivity index (χ0) is 17.0. The number of benzene rings is 1. The number of carbonyl (C=O) groups is 1. The van der Waals surface area contributed by atoms with Crippen molar-refractivity contribution in [1.82, 2.24) is 4.90 Å². The Kier molecular flexibility index (Phi) is 6.00. The number of nitrogens with zero attached hydrogens (tertiary/aromatic N) is 1. The molecule has 1 aromatic rings. The van der Waals surface area contributed by atoms with Crippen LogP contribution in [0.1, 0.15) is 49.5 Å². The summed E-state index contributed by atoms with van der Waals surface area (Å²) in [6.45, 7) is 5.83. The Labute approximate surface area is 128 Å². The molecule has 0 spiro atoms. The average molecular weight is 317 g/mol. The minimum Gasteiger partial charge on any atom is -0.376 e. The third kappa shape index (κ3) is 4.00. The third-order valence-electron chi connectivity index (χ3n) is 3.52. The van der Waals surface area contributed by atoms with Gasteiger partial charge in [-0.3, -0.25) is 4.79 Å². The van der Waals surface area contributed by atoms with E-state index in [4.69, 9.17) is 0 Å². The molecule has 0 aliphatic carbocycles. The molecule has 0 aliphatic heterocycles. The largest absolute Gasteiger partial charge is 0.421 e. The second-order valence-corrected chi connectivity index (χ2v) is 5.44. The van der Waals surface area contributed by atoms with E-state index in [1.165, 1.54) is 12.1 Å². The standard InChI is InChI=1S/C16H22F3NO2/c1-4-10-20(11-5-2)14(21)12-6-8-13(9-7-12)15(3,22)16(17,18)19/h6-9,22H,4-5,10-11H2,1-3H3. The summed E-state index contributed by atoms with van der Waals surface area (Å²) in [5.41, 5.74) is -2.89. The predicted molar refractivity (Wildman–Crippen MR) is 78.6 cm³/mol. The van der Waals surface area contributed by atoms with Gasteiger partial charge in [0.1, 0.15) is 0 Å². The predicted octanol–water partition coefficient (Wildman–Crippen LogP) is 3.72. The van der Waals surface area contributed by atoms with E-state index in [1.807, 2.05) is 13.8 Å². The van der Waals surface area contributed by atoms with Crippen LogP contribution < -0.4 is 0 Å². The van der Waals surface area contributed by atoms with Gasteiger partial charge in [0.15, 0.2) is 5.60 Å². The van der Waals surface area contributed by atoms with Crippen LogP contribution in [-0.4, -0.2) is 35.2 Å². The van der Waals surface area contributed by atoms with E-state index in [1.54, 1.807) is 4.90 Å². The topological polar surface area (TPSA) is 40.5 Å². The van der Waals surface area contributed by atoms with Crippen molar-refractivity contribution in [3.8, 4) is 0 Å². The van der Waals surface area contributed by atoms with Crippen LogP contribution in [0.15, 0.2) is 24.3 Å². The molecule has 1 aromatic carbocycles. The monoisotopic (exact) mass is 317 g/mol. The third-order valence-corrected chi connectivity index (χ3v) is 3.52. The lowest BCUT2D eigenvalue weighted by Gasteiger charge is -2.27. The highest BCUT2D eigenvalue weighted by molar-refractivity contribution is 5.94. The number of amides is 1. The molecule has 22 heavy (non-hydrogen) atoms.